The number of nitrogens with two attached hydrogens (primary N) is 1. The Hall–Kier alpha value is -1.87. The molecule has 0 aromatic rings. The molecule has 138 valence electrons. The fourth-order valence-corrected chi connectivity index (χ4v) is 3.13. The minimum atomic E-state index is -0.102. The largest absolute Gasteiger partial charge is 0.351 e. The lowest BCUT2D eigenvalue weighted by molar-refractivity contribution is -0.116. The minimum Gasteiger partial charge on any atom is -0.351 e. The van der Waals surface area contributed by atoms with Crippen LogP contribution >= 0.6 is 0 Å². The maximum atomic E-state index is 11.6. The van der Waals surface area contributed by atoms with Gasteiger partial charge in [0.25, 0.3) is 0 Å². The molecular weight excluding hydrogens is 308 g/mol. The second-order valence-electron chi connectivity index (χ2n) is 7.50. The van der Waals surface area contributed by atoms with Gasteiger partial charge in [-0.25, -0.2) is 0 Å². The maximum Gasteiger partial charge on any atom is 0.244 e. The van der Waals surface area contributed by atoms with Crippen molar-refractivity contribution in [1.82, 2.24) is 5.32 Å². The zero-order valence-corrected chi connectivity index (χ0v) is 16.5. The normalized spacial score (nSPS) is 19.1. The Bertz CT molecular complexity index is 616. The summed E-state index contributed by atoms with van der Waals surface area (Å²) < 4.78 is 0. The Morgan fingerprint density at radius 1 is 1.24 bits per heavy atom. The molecule has 3 nitrogen and oxygen atoms in total. The molecule has 0 atom stereocenters. The van der Waals surface area contributed by atoms with Gasteiger partial charge in [-0.3, -0.25) is 4.79 Å². The van der Waals surface area contributed by atoms with Gasteiger partial charge in [0.2, 0.25) is 5.91 Å². The molecular formula is C22H34N2O. The Labute approximate surface area is 153 Å². The van der Waals surface area contributed by atoms with Crippen molar-refractivity contribution < 1.29 is 4.79 Å². The highest BCUT2D eigenvalue weighted by atomic mass is 16.1. The molecule has 0 unspecified atom stereocenters. The molecule has 0 spiro atoms. The second-order valence-corrected chi connectivity index (χ2v) is 7.50. The molecule has 1 aliphatic carbocycles. The van der Waals surface area contributed by atoms with Crippen molar-refractivity contribution in [1.29, 1.82) is 0 Å². The third-order valence-corrected chi connectivity index (χ3v) is 4.58. The van der Waals surface area contributed by atoms with Crippen LogP contribution in [0.3, 0.4) is 0 Å². The molecule has 1 amide bonds. The Morgan fingerprint density at radius 3 is 2.60 bits per heavy atom. The topological polar surface area (TPSA) is 55.1 Å². The van der Waals surface area contributed by atoms with E-state index in [9.17, 15) is 4.79 Å². The molecule has 1 aliphatic rings. The highest BCUT2D eigenvalue weighted by Gasteiger charge is 2.26. The SMILES string of the molecule is CC1=C(/C=C/C(C)=C/C=C/C(C)=C/C(=O)NCCN)C(C)(C)CCC1. The van der Waals surface area contributed by atoms with Gasteiger partial charge < -0.3 is 11.1 Å². The van der Waals surface area contributed by atoms with Crippen molar-refractivity contribution >= 4 is 5.91 Å². The van der Waals surface area contributed by atoms with Crippen LogP contribution in [0.25, 0.3) is 0 Å². The number of nitrogens with one attached hydrogen (secondary N) is 1. The van der Waals surface area contributed by atoms with Crippen LogP contribution in [0.2, 0.25) is 0 Å². The van der Waals surface area contributed by atoms with Crippen molar-refractivity contribution in [2.75, 3.05) is 13.1 Å². The van der Waals surface area contributed by atoms with Crippen molar-refractivity contribution in [3.63, 3.8) is 0 Å². The van der Waals surface area contributed by atoms with Crippen LogP contribution in [0.4, 0.5) is 0 Å². The standard InChI is InChI=1S/C22H34N2O/c1-17(8-6-9-18(2)16-21(25)24-15-14-23)11-12-20-19(3)10-7-13-22(20,4)5/h6,8-9,11-12,16H,7,10,13-15,23H2,1-5H3,(H,24,25)/b9-6+,12-11+,17-8+,18-16+. The van der Waals surface area contributed by atoms with Gasteiger partial charge in [0.05, 0.1) is 0 Å². The van der Waals surface area contributed by atoms with Crippen molar-refractivity contribution in [3.05, 3.63) is 58.7 Å². The van der Waals surface area contributed by atoms with Gasteiger partial charge in [-0.2, -0.15) is 0 Å². The van der Waals surface area contributed by atoms with E-state index in [1.807, 2.05) is 19.1 Å². The first-order valence-electron chi connectivity index (χ1n) is 9.16. The van der Waals surface area contributed by atoms with E-state index in [0.29, 0.717) is 13.1 Å². The van der Waals surface area contributed by atoms with E-state index in [1.165, 1.54) is 36.0 Å². The lowest BCUT2D eigenvalue weighted by Crippen LogP contribution is -2.27. The molecule has 3 N–H and O–H groups in total. The van der Waals surface area contributed by atoms with Gasteiger partial charge in [0.15, 0.2) is 0 Å². The number of amides is 1. The van der Waals surface area contributed by atoms with Gasteiger partial charge >= 0.3 is 0 Å². The second kappa shape index (κ2) is 10.2. The molecule has 0 aromatic heterocycles. The average molecular weight is 343 g/mol. The van der Waals surface area contributed by atoms with E-state index in [0.717, 1.165) is 5.57 Å². The number of hydrogen-bond donors (Lipinski definition) is 2. The lowest BCUT2D eigenvalue weighted by Gasteiger charge is -2.32. The fourth-order valence-electron chi connectivity index (χ4n) is 3.13. The Morgan fingerprint density at radius 2 is 1.96 bits per heavy atom. The Balaban J connectivity index is 2.69. The molecule has 0 heterocycles. The van der Waals surface area contributed by atoms with E-state index in [2.05, 4.69) is 51.2 Å². The summed E-state index contributed by atoms with van der Waals surface area (Å²) in [4.78, 5) is 11.6. The van der Waals surface area contributed by atoms with Crippen LogP contribution in [0.1, 0.15) is 53.9 Å². The molecule has 0 bridgehead atoms. The number of carbonyl (C=O) groups is 1. The van der Waals surface area contributed by atoms with Crippen molar-refractivity contribution in [2.45, 2.75) is 53.9 Å². The highest BCUT2D eigenvalue weighted by Crippen LogP contribution is 2.40. The number of carbonyl (C=O) groups excluding carboxylic acids is 1. The molecule has 0 aromatic carbocycles. The van der Waals surface area contributed by atoms with Gasteiger partial charge in [-0.1, -0.05) is 55.4 Å². The third-order valence-electron chi connectivity index (χ3n) is 4.58. The van der Waals surface area contributed by atoms with Crippen LogP contribution < -0.4 is 11.1 Å². The first-order chi connectivity index (χ1) is 11.8. The monoisotopic (exact) mass is 342 g/mol. The molecule has 0 saturated carbocycles. The zero-order chi connectivity index (χ0) is 18.9. The van der Waals surface area contributed by atoms with Crippen molar-refractivity contribution in [3.8, 4) is 0 Å². The smallest absolute Gasteiger partial charge is 0.244 e. The summed E-state index contributed by atoms with van der Waals surface area (Å²) in [6.45, 7) is 11.9. The zero-order valence-electron chi connectivity index (χ0n) is 16.5. The van der Waals surface area contributed by atoms with E-state index in [1.54, 1.807) is 6.08 Å². The third kappa shape index (κ3) is 7.70. The molecule has 0 radical (unpaired) electrons. The maximum absolute atomic E-state index is 11.6. The van der Waals surface area contributed by atoms with E-state index in [-0.39, 0.29) is 11.3 Å². The summed E-state index contributed by atoms with van der Waals surface area (Å²) in [7, 11) is 0. The van der Waals surface area contributed by atoms with Crippen molar-refractivity contribution in [2.24, 2.45) is 11.1 Å². The molecule has 0 fully saturated rings. The van der Waals surface area contributed by atoms with Crippen LogP contribution in [-0.2, 0) is 4.79 Å². The molecule has 25 heavy (non-hydrogen) atoms. The molecule has 3 heteroatoms. The van der Waals surface area contributed by atoms with E-state index < -0.39 is 0 Å². The lowest BCUT2D eigenvalue weighted by atomic mass is 9.72. The summed E-state index contributed by atoms with van der Waals surface area (Å²) in [6.07, 6.45) is 15.8. The van der Waals surface area contributed by atoms with Crippen LogP contribution in [-0.4, -0.2) is 19.0 Å². The summed E-state index contributed by atoms with van der Waals surface area (Å²) in [6, 6.07) is 0. The minimum absolute atomic E-state index is 0.102. The molecule has 0 aliphatic heterocycles. The van der Waals surface area contributed by atoms with Crippen LogP contribution in [0.5, 0.6) is 0 Å². The van der Waals surface area contributed by atoms with Gasteiger partial charge in [0, 0.05) is 19.2 Å². The molecule has 1 rings (SSSR count). The number of allylic oxidation sites excluding steroid dienone is 9. The number of rotatable bonds is 7. The molecule has 0 saturated heterocycles. The first-order valence-corrected chi connectivity index (χ1v) is 9.16. The first kappa shape index (κ1) is 21.2. The Kier molecular flexibility index (Phi) is 8.64. The average Bonchev–Trinajstić information content (AvgIpc) is 2.51. The summed E-state index contributed by atoms with van der Waals surface area (Å²) >= 11 is 0. The van der Waals surface area contributed by atoms with E-state index >= 15 is 0 Å². The quantitative estimate of drug-likeness (QED) is 0.525. The summed E-state index contributed by atoms with van der Waals surface area (Å²) in [5.41, 5.74) is 10.7. The van der Waals surface area contributed by atoms with Crippen LogP contribution in [0, 0.1) is 5.41 Å². The predicted molar refractivity (Wildman–Crippen MR) is 108 cm³/mol. The van der Waals surface area contributed by atoms with Gasteiger partial charge in [0.1, 0.15) is 0 Å². The van der Waals surface area contributed by atoms with E-state index in [4.69, 9.17) is 5.73 Å². The summed E-state index contributed by atoms with van der Waals surface area (Å²) in [5, 5.41) is 2.72. The van der Waals surface area contributed by atoms with Crippen LogP contribution in [0.15, 0.2) is 58.7 Å². The fraction of sp³-hybridized carbons (Fsp3) is 0.500. The summed E-state index contributed by atoms with van der Waals surface area (Å²) in [5.74, 6) is -0.102. The van der Waals surface area contributed by atoms with Gasteiger partial charge in [-0.05, 0) is 56.6 Å². The highest BCUT2D eigenvalue weighted by molar-refractivity contribution is 5.88. The van der Waals surface area contributed by atoms with Gasteiger partial charge in [-0.15, -0.1) is 0 Å². The number of hydrogen-bond acceptors (Lipinski definition) is 2. The predicted octanol–water partition coefficient (Wildman–Crippen LogP) is 4.59.